The molecule has 1 atom stereocenters. The molecule has 5 rings (SSSR count). The Morgan fingerprint density at radius 1 is 1.23 bits per heavy atom. The Bertz CT molecular complexity index is 1140. The summed E-state index contributed by atoms with van der Waals surface area (Å²) in [6.45, 7) is 6.21. The molecular formula is C24H28N4O2S. The quantitative estimate of drug-likeness (QED) is 0.640. The van der Waals surface area contributed by atoms with Crippen LogP contribution >= 0.6 is 0 Å². The summed E-state index contributed by atoms with van der Waals surface area (Å²) in [5.74, 6) is 1.50. The molecule has 1 aromatic heterocycles. The number of aromatic nitrogens is 1. The smallest absolute Gasteiger partial charge is 0.131 e. The molecule has 0 aliphatic carbocycles. The lowest BCUT2D eigenvalue weighted by molar-refractivity contribution is -0.0979. The first-order valence-corrected chi connectivity index (χ1v) is 12.0. The third kappa shape index (κ3) is 3.93. The lowest BCUT2D eigenvalue weighted by Gasteiger charge is -2.40. The average molecular weight is 437 g/mol. The van der Waals surface area contributed by atoms with Gasteiger partial charge >= 0.3 is 0 Å². The molecule has 7 heteroatoms. The van der Waals surface area contributed by atoms with Gasteiger partial charge in [0.25, 0.3) is 0 Å². The molecule has 0 spiro atoms. The number of aryl methyl sites for hydroxylation is 1. The summed E-state index contributed by atoms with van der Waals surface area (Å²) >= 11 is 0. The van der Waals surface area contributed by atoms with Crippen molar-refractivity contribution in [3.8, 4) is 0 Å². The first-order chi connectivity index (χ1) is 15.1. The molecule has 162 valence electrons. The van der Waals surface area contributed by atoms with Gasteiger partial charge in [0, 0.05) is 59.4 Å². The summed E-state index contributed by atoms with van der Waals surface area (Å²) in [5.41, 5.74) is 10.3. The summed E-state index contributed by atoms with van der Waals surface area (Å²) in [6, 6.07) is 16.6. The number of hydrogen-bond donors (Lipinski definition) is 2. The van der Waals surface area contributed by atoms with Gasteiger partial charge in [-0.25, -0.2) is 4.98 Å². The number of rotatable bonds is 5. The second-order valence-electron chi connectivity index (χ2n) is 8.68. The van der Waals surface area contributed by atoms with E-state index in [1.54, 1.807) is 0 Å². The fourth-order valence-electron chi connectivity index (χ4n) is 4.22. The molecule has 1 saturated heterocycles. The molecule has 0 saturated carbocycles. The van der Waals surface area contributed by atoms with E-state index in [1.807, 2.05) is 25.1 Å². The third-order valence-corrected chi connectivity index (χ3v) is 7.73. The van der Waals surface area contributed by atoms with Crippen LogP contribution in [0.15, 0.2) is 53.4 Å². The van der Waals surface area contributed by atoms with Gasteiger partial charge in [0.1, 0.15) is 5.82 Å². The Balaban J connectivity index is 1.49. The number of para-hydroxylation sites is 1. The Hall–Kier alpha value is -2.48. The van der Waals surface area contributed by atoms with Crippen molar-refractivity contribution in [3.05, 3.63) is 59.7 Å². The highest BCUT2D eigenvalue weighted by atomic mass is 32.2. The summed E-state index contributed by atoms with van der Waals surface area (Å²) in [7, 11) is -0.993. The molecule has 1 fully saturated rings. The molecule has 2 aliphatic heterocycles. The Kier molecular flexibility index (Phi) is 5.42. The van der Waals surface area contributed by atoms with E-state index in [0.29, 0.717) is 38.6 Å². The van der Waals surface area contributed by atoms with Crippen LogP contribution in [0.2, 0.25) is 0 Å². The minimum atomic E-state index is -0.993. The highest BCUT2D eigenvalue weighted by Gasteiger charge is 2.37. The van der Waals surface area contributed by atoms with Crippen molar-refractivity contribution >= 4 is 33.2 Å². The van der Waals surface area contributed by atoms with Crippen LogP contribution in [0, 0.1) is 12.3 Å². The number of ether oxygens (including phenoxy) is 1. The maximum Gasteiger partial charge on any atom is 0.131 e. The molecule has 0 amide bonds. The number of nitrogens with two attached hydrogens (primary N) is 1. The molecule has 2 aromatic carbocycles. The normalized spacial score (nSPS) is 20.1. The average Bonchev–Trinajstić information content (AvgIpc) is 2.92. The highest BCUT2D eigenvalue weighted by Crippen LogP contribution is 2.32. The summed E-state index contributed by atoms with van der Waals surface area (Å²) < 4.78 is 18.2. The Morgan fingerprint density at radius 3 is 2.84 bits per heavy atom. The number of pyridine rings is 1. The zero-order valence-corrected chi connectivity index (χ0v) is 18.6. The van der Waals surface area contributed by atoms with Gasteiger partial charge in [-0.2, -0.15) is 0 Å². The monoisotopic (exact) mass is 436 g/mol. The standard InChI is InChI=1S/C24H28N4O2S/c1-17-6-7-18-12-28(8-9-31(29)22(18)10-17)23-11-21(19-4-2-3-5-20(19)27-23)26-14-24(13-25)15-30-16-24/h2-7,10-11H,8-9,12-16,25H2,1H3,(H,26,27). The molecule has 1 unspecified atom stereocenters. The number of benzene rings is 2. The molecule has 31 heavy (non-hydrogen) atoms. The lowest BCUT2D eigenvalue weighted by Crippen LogP contribution is -2.52. The maximum atomic E-state index is 12.8. The molecular weight excluding hydrogens is 408 g/mol. The molecule has 6 nitrogen and oxygen atoms in total. The van der Waals surface area contributed by atoms with Crippen molar-refractivity contribution in [1.29, 1.82) is 0 Å². The van der Waals surface area contributed by atoms with Crippen LogP contribution in [0.1, 0.15) is 11.1 Å². The van der Waals surface area contributed by atoms with E-state index in [1.165, 1.54) is 0 Å². The van der Waals surface area contributed by atoms with E-state index in [0.717, 1.165) is 45.0 Å². The zero-order chi connectivity index (χ0) is 21.4. The first kappa shape index (κ1) is 20.4. The van der Waals surface area contributed by atoms with Gasteiger partial charge in [-0.15, -0.1) is 0 Å². The van der Waals surface area contributed by atoms with Crippen molar-refractivity contribution in [2.45, 2.75) is 18.4 Å². The van der Waals surface area contributed by atoms with Gasteiger partial charge in [0.05, 0.1) is 29.5 Å². The topological polar surface area (TPSA) is 80.5 Å². The van der Waals surface area contributed by atoms with E-state index in [4.69, 9.17) is 15.5 Å². The van der Waals surface area contributed by atoms with Gasteiger partial charge < -0.3 is 20.7 Å². The number of hydrogen-bond acceptors (Lipinski definition) is 6. The van der Waals surface area contributed by atoms with Crippen LogP contribution in [-0.4, -0.2) is 47.8 Å². The summed E-state index contributed by atoms with van der Waals surface area (Å²) in [5, 5.41) is 4.72. The lowest BCUT2D eigenvalue weighted by atomic mass is 9.86. The second kappa shape index (κ2) is 8.22. The maximum absolute atomic E-state index is 12.8. The van der Waals surface area contributed by atoms with Gasteiger partial charge in [-0.3, -0.25) is 4.21 Å². The second-order valence-corrected chi connectivity index (χ2v) is 10.2. The van der Waals surface area contributed by atoms with Gasteiger partial charge in [-0.1, -0.05) is 30.3 Å². The first-order valence-electron chi connectivity index (χ1n) is 10.7. The van der Waals surface area contributed by atoms with Crippen molar-refractivity contribution in [3.63, 3.8) is 0 Å². The molecule has 0 radical (unpaired) electrons. The summed E-state index contributed by atoms with van der Waals surface area (Å²) in [4.78, 5) is 8.15. The predicted molar refractivity (Wildman–Crippen MR) is 126 cm³/mol. The van der Waals surface area contributed by atoms with Crippen LogP contribution in [0.25, 0.3) is 10.9 Å². The van der Waals surface area contributed by atoms with Crippen LogP contribution in [0.4, 0.5) is 11.5 Å². The Morgan fingerprint density at radius 2 is 2.06 bits per heavy atom. The largest absolute Gasteiger partial charge is 0.384 e. The van der Waals surface area contributed by atoms with E-state index in [-0.39, 0.29) is 5.41 Å². The number of nitrogens with one attached hydrogen (secondary N) is 1. The van der Waals surface area contributed by atoms with E-state index in [9.17, 15) is 4.21 Å². The fraction of sp³-hybridized carbons (Fsp3) is 0.375. The number of nitrogens with zero attached hydrogens (tertiary/aromatic N) is 2. The molecule has 0 bridgehead atoms. The molecule has 2 aliphatic rings. The van der Waals surface area contributed by atoms with Gasteiger partial charge in [0.15, 0.2) is 0 Å². The molecule has 3 aromatic rings. The third-order valence-electron chi connectivity index (χ3n) is 6.31. The van der Waals surface area contributed by atoms with Crippen LogP contribution in [0.5, 0.6) is 0 Å². The minimum Gasteiger partial charge on any atom is -0.384 e. The fourth-order valence-corrected chi connectivity index (χ4v) is 5.57. The predicted octanol–water partition coefficient (Wildman–Crippen LogP) is 3.06. The van der Waals surface area contributed by atoms with Crippen molar-refractivity contribution in [1.82, 2.24) is 4.98 Å². The highest BCUT2D eigenvalue weighted by molar-refractivity contribution is 7.85. The molecule has 3 N–H and O–H groups in total. The van der Waals surface area contributed by atoms with Gasteiger partial charge in [0.2, 0.25) is 0 Å². The molecule has 3 heterocycles. The number of fused-ring (bicyclic) bond motifs is 2. The minimum absolute atomic E-state index is 0.000834. The van der Waals surface area contributed by atoms with E-state index >= 15 is 0 Å². The van der Waals surface area contributed by atoms with Crippen molar-refractivity contribution < 1.29 is 8.95 Å². The van der Waals surface area contributed by atoms with Crippen LogP contribution in [0.3, 0.4) is 0 Å². The van der Waals surface area contributed by atoms with E-state index < -0.39 is 10.8 Å². The number of anilines is 2. The van der Waals surface area contributed by atoms with Crippen LogP contribution < -0.4 is 16.0 Å². The Labute approximate surface area is 185 Å². The van der Waals surface area contributed by atoms with Crippen LogP contribution in [-0.2, 0) is 22.1 Å². The van der Waals surface area contributed by atoms with Crippen molar-refractivity contribution in [2.24, 2.45) is 11.1 Å². The van der Waals surface area contributed by atoms with Gasteiger partial charge in [-0.05, 0) is 30.2 Å². The zero-order valence-electron chi connectivity index (χ0n) is 17.8. The SMILES string of the molecule is Cc1ccc2c(c1)S(=O)CCN(c1cc(NCC3(CN)COC3)c3ccccc3n1)C2. The summed E-state index contributed by atoms with van der Waals surface area (Å²) in [6.07, 6.45) is 0. The van der Waals surface area contributed by atoms with Crippen molar-refractivity contribution in [2.75, 3.05) is 48.8 Å². The van der Waals surface area contributed by atoms with E-state index in [2.05, 4.69) is 40.5 Å².